The number of ether oxygens (including phenoxy) is 1. The van der Waals surface area contributed by atoms with Crippen LogP contribution in [0.4, 0.5) is 0 Å². The van der Waals surface area contributed by atoms with Gasteiger partial charge in [-0.3, -0.25) is 9.59 Å². The highest BCUT2D eigenvalue weighted by molar-refractivity contribution is 5.80. The number of carboxylic acid groups (broad SMARTS) is 1. The van der Waals surface area contributed by atoms with Gasteiger partial charge in [-0.1, -0.05) is 6.08 Å². The summed E-state index contributed by atoms with van der Waals surface area (Å²) >= 11 is 0. The number of carbonyl (C=O) groups excluding carboxylic acids is 1. The predicted octanol–water partition coefficient (Wildman–Crippen LogP) is 0.168. The molecule has 0 aliphatic heterocycles. The van der Waals surface area contributed by atoms with Crippen molar-refractivity contribution in [1.29, 1.82) is 0 Å². The Morgan fingerprint density at radius 2 is 2.29 bits per heavy atom. The van der Waals surface area contributed by atoms with Gasteiger partial charge in [-0.25, -0.2) is 0 Å². The molecular formula is C9H15NO4. The highest BCUT2D eigenvalue weighted by Gasteiger charge is 2.11. The van der Waals surface area contributed by atoms with E-state index in [0.29, 0.717) is 6.61 Å². The minimum atomic E-state index is -0.940. The average Bonchev–Trinajstić information content (AvgIpc) is 2.13. The van der Waals surface area contributed by atoms with E-state index in [0.717, 1.165) is 0 Å². The van der Waals surface area contributed by atoms with Crippen LogP contribution in [0.2, 0.25) is 0 Å². The summed E-state index contributed by atoms with van der Waals surface area (Å²) in [6.07, 6.45) is 0.878. The standard InChI is InChI=1S/C9H15NO4/c1-3-6-14-7(2)9(13)10-5-4-8(11)12/h3,7H,1,4-6H2,2H3,(H,10,13)(H,11,12). The summed E-state index contributed by atoms with van der Waals surface area (Å²) in [6, 6.07) is 0. The third kappa shape index (κ3) is 6.19. The number of hydrogen-bond donors (Lipinski definition) is 2. The van der Waals surface area contributed by atoms with Crippen LogP contribution in [0.25, 0.3) is 0 Å². The molecule has 0 saturated heterocycles. The highest BCUT2D eigenvalue weighted by Crippen LogP contribution is 1.90. The second kappa shape index (κ2) is 7.08. The third-order valence-electron chi connectivity index (χ3n) is 1.47. The zero-order valence-electron chi connectivity index (χ0n) is 8.16. The molecule has 0 saturated carbocycles. The van der Waals surface area contributed by atoms with Crippen molar-refractivity contribution in [1.82, 2.24) is 5.32 Å². The summed E-state index contributed by atoms with van der Waals surface area (Å²) < 4.78 is 5.03. The number of carbonyl (C=O) groups is 2. The van der Waals surface area contributed by atoms with Gasteiger partial charge in [0.2, 0.25) is 5.91 Å². The quantitative estimate of drug-likeness (QED) is 0.576. The Morgan fingerprint density at radius 3 is 2.79 bits per heavy atom. The molecule has 0 heterocycles. The predicted molar refractivity (Wildman–Crippen MR) is 50.9 cm³/mol. The van der Waals surface area contributed by atoms with Crippen molar-refractivity contribution in [3.05, 3.63) is 12.7 Å². The van der Waals surface area contributed by atoms with Crippen molar-refractivity contribution in [3.8, 4) is 0 Å². The van der Waals surface area contributed by atoms with Crippen LogP contribution in [0.15, 0.2) is 12.7 Å². The van der Waals surface area contributed by atoms with Crippen LogP contribution >= 0.6 is 0 Å². The van der Waals surface area contributed by atoms with Crippen LogP contribution in [0, 0.1) is 0 Å². The molecule has 5 nitrogen and oxygen atoms in total. The van der Waals surface area contributed by atoms with Gasteiger partial charge in [0.1, 0.15) is 6.10 Å². The average molecular weight is 201 g/mol. The number of amides is 1. The summed E-state index contributed by atoms with van der Waals surface area (Å²) in [5.74, 6) is -1.25. The molecule has 0 aromatic carbocycles. The molecule has 0 aromatic rings. The molecule has 0 fully saturated rings. The fourth-order valence-corrected chi connectivity index (χ4v) is 0.724. The fourth-order valence-electron chi connectivity index (χ4n) is 0.724. The van der Waals surface area contributed by atoms with E-state index >= 15 is 0 Å². The van der Waals surface area contributed by atoms with E-state index in [9.17, 15) is 9.59 Å². The Bertz CT molecular complexity index is 215. The monoisotopic (exact) mass is 201 g/mol. The Hall–Kier alpha value is -1.36. The first kappa shape index (κ1) is 12.6. The second-order valence-electron chi connectivity index (χ2n) is 2.70. The van der Waals surface area contributed by atoms with Crippen molar-refractivity contribution in [2.75, 3.05) is 13.2 Å². The summed E-state index contributed by atoms with van der Waals surface area (Å²) in [7, 11) is 0. The van der Waals surface area contributed by atoms with E-state index in [-0.39, 0.29) is 18.9 Å². The van der Waals surface area contributed by atoms with Gasteiger partial charge in [0, 0.05) is 6.54 Å². The zero-order valence-corrected chi connectivity index (χ0v) is 8.16. The fraction of sp³-hybridized carbons (Fsp3) is 0.556. The van der Waals surface area contributed by atoms with Crippen LogP contribution in [0.1, 0.15) is 13.3 Å². The van der Waals surface area contributed by atoms with Crippen LogP contribution in [-0.2, 0) is 14.3 Å². The van der Waals surface area contributed by atoms with Gasteiger partial charge in [0.05, 0.1) is 13.0 Å². The minimum absolute atomic E-state index is 0.0834. The van der Waals surface area contributed by atoms with E-state index in [4.69, 9.17) is 9.84 Å². The van der Waals surface area contributed by atoms with Crippen LogP contribution in [-0.4, -0.2) is 36.2 Å². The first-order valence-corrected chi connectivity index (χ1v) is 4.30. The van der Waals surface area contributed by atoms with E-state index in [1.807, 2.05) is 0 Å². The van der Waals surface area contributed by atoms with Crippen LogP contribution in [0.5, 0.6) is 0 Å². The lowest BCUT2D eigenvalue weighted by atomic mass is 10.3. The van der Waals surface area contributed by atoms with Crippen LogP contribution in [0.3, 0.4) is 0 Å². The maximum absolute atomic E-state index is 11.2. The minimum Gasteiger partial charge on any atom is -0.481 e. The van der Waals surface area contributed by atoms with E-state index in [1.54, 1.807) is 13.0 Å². The molecule has 1 atom stereocenters. The van der Waals surface area contributed by atoms with Crippen molar-refractivity contribution in [2.45, 2.75) is 19.4 Å². The van der Waals surface area contributed by atoms with Crippen molar-refractivity contribution >= 4 is 11.9 Å². The van der Waals surface area contributed by atoms with E-state index in [1.165, 1.54) is 0 Å². The lowest BCUT2D eigenvalue weighted by molar-refractivity contribution is -0.137. The Labute approximate surface area is 82.7 Å². The summed E-state index contributed by atoms with van der Waals surface area (Å²) in [5.41, 5.74) is 0. The normalized spacial score (nSPS) is 11.8. The highest BCUT2D eigenvalue weighted by atomic mass is 16.5. The van der Waals surface area contributed by atoms with E-state index < -0.39 is 12.1 Å². The molecule has 0 aliphatic rings. The molecule has 1 unspecified atom stereocenters. The van der Waals surface area contributed by atoms with Gasteiger partial charge >= 0.3 is 5.97 Å². The Kier molecular flexibility index (Phi) is 6.39. The molecule has 0 aromatic heterocycles. The largest absolute Gasteiger partial charge is 0.481 e. The lowest BCUT2D eigenvalue weighted by Gasteiger charge is -2.11. The van der Waals surface area contributed by atoms with Crippen molar-refractivity contribution in [2.24, 2.45) is 0 Å². The Balaban J connectivity index is 3.61. The topological polar surface area (TPSA) is 75.6 Å². The first-order valence-electron chi connectivity index (χ1n) is 4.30. The summed E-state index contributed by atoms with van der Waals surface area (Å²) in [5, 5.41) is 10.8. The van der Waals surface area contributed by atoms with E-state index in [2.05, 4.69) is 11.9 Å². The van der Waals surface area contributed by atoms with Gasteiger partial charge in [-0.2, -0.15) is 0 Å². The molecule has 14 heavy (non-hydrogen) atoms. The molecule has 80 valence electrons. The molecule has 0 radical (unpaired) electrons. The molecular weight excluding hydrogens is 186 g/mol. The summed E-state index contributed by atoms with van der Waals surface area (Å²) in [6.45, 7) is 5.46. The summed E-state index contributed by atoms with van der Waals surface area (Å²) in [4.78, 5) is 21.3. The number of carboxylic acids is 1. The van der Waals surface area contributed by atoms with Gasteiger partial charge in [0.15, 0.2) is 0 Å². The molecule has 0 bridgehead atoms. The van der Waals surface area contributed by atoms with Crippen molar-refractivity contribution < 1.29 is 19.4 Å². The number of nitrogens with one attached hydrogen (secondary N) is 1. The second-order valence-corrected chi connectivity index (χ2v) is 2.70. The van der Waals surface area contributed by atoms with Gasteiger partial charge < -0.3 is 15.2 Å². The maximum Gasteiger partial charge on any atom is 0.305 e. The lowest BCUT2D eigenvalue weighted by Crippen LogP contribution is -2.35. The van der Waals surface area contributed by atoms with Gasteiger partial charge in [-0.05, 0) is 6.92 Å². The van der Waals surface area contributed by atoms with Crippen molar-refractivity contribution in [3.63, 3.8) is 0 Å². The zero-order chi connectivity index (χ0) is 11.0. The molecule has 2 N–H and O–H groups in total. The number of rotatable bonds is 7. The first-order chi connectivity index (χ1) is 6.57. The molecule has 0 aliphatic carbocycles. The third-order valence-corrected chi connectivity index (χ3v) is 1.47. The Morgan fingerprint density at radius 1 is 1.64 bits per heavy atom. The molecule has 0 spiro atoms. The van der Waals surface area contributed by atoms with Gasteiger partial charge in [0.25, 0.3) is 0 Å². The van der Waals surface area contributed by atoms with Gasteiger partial charge in [-0.15, -0.1) is 6.58 Å². The number of hydrogen-bond acceptors (Lipinski definition) is 3. The molecule has 1 amide bonds. The molecule has 0 rings (SSSR count). The smallest absolute Gasteiger partial charge is 0.305 e. The SMILES string of the molecule is C=CCOC(C)C(=O)NCCC(=O)O. The number of aliphatic carboxylic acids is 1. The van der Waals surface area contributed by atoms with Crippen LogP contribution < -0.4 is 5.32 Å². The molecule has 5 heteroatoms. The maximum atomic E-state index is 11.2.